The van der Waals surface area contributed by atoms with Gasteiger partial charge in [0.15, 0.2) is 0 Å². The Kier molecular flexibility index (Phi) is 5.53. The largest absolute Gasteiger partial charge is 0.386 e. The molecule has 0 saturated heterocycles. The number of carbonyl (C=O) groups is 1. The lowest BCUT2D eigenvalue weighted by Crippen LogP contribution is -2.39. The summed E-state index contributed by atoms with van der Waals surface area (Å²) < 4.78 is 0. The van der Waals surface area contributed by atoms with Crippen molar-refractivity contribution in [3.8, 4) is 0 Å². The molecule has 0 amide bonds. The topological polar surface area (TPSA) is 37.3 Å². The van der Waals surface area contributed by atoms with Gasteiger partial charge in [-0.05, 0) is 62.2 Å². The molecule has 1 N–H and O–H groups in total. The van der Waals surface area contributed by atoms with Crippen molar-refractivity contribution in [1.29, 1.82) is 0 Å². The van der Waals surface area contributed by atoms with E-state index in [0.717, 1.165) is 38.5 Å². The van der Waals surface area contributed by atoms with Crippen LogP contribution in [0.4, 0.5) is 0 Å². The second kappa shape index (κ2) is 6.86. The van der Waals surface area contributed by atoms with E-state index in [0.29, 0.717) is 23.5 Å². The second-order valence-corrected chi connectivity index (χ2v) is 7.99. The second-order valence-electron chi connectivity index (χ2n) is 7.99. The smallest absolute Gasteiger partial charge is 0.136 e. The SMILES string of the molecule is CCC(O)(/C=C/C[C@H](C)C1CCC2C(=O)CCC[C@@]21C)CC. The van der Waals surface area contributed by atoms with Crippen molar-refractivity contribution in [2.24, 2.45) is 23.2 Å². The monoisotopic (exact) mass is 306 g/mol. The van der Waals surface area contributed by atoms with E-state index in [9.17, 15) is 9.90 Å². The zero-order valence-corrected chi connectivity index (χ0v) is 14.9. The first-order valence-electron chi connectivity index (χ1n) is 9.29. The van der Waals surface area contributed by atoms with Crippen LogP contribution in [0, 0.1) is 23.2 Å². The van der Waals surface area contributed by atoms with Gasteiger partial charge in [-0.3, -0.25) is 4.79 Å². The third-order valence-corrected chi connectivity index (χ3v) is 6.78. The lowest BCUT2D eigenvalue weighted by Gasteiger charge is -2.42. The molecule has 2 nitrogen and oxygen atoms in total. The standard InChI is InChI=1S/C20H34O2/c1-5-20(22,6-2)14-7-9-15(3)16-11-12-17-18(21)10-8-13-19(16,17)4/h7,14-17,22H,5-6,8-13H2,1-4H3/b14-7+/t15-,16?,17?,19+/m0/s1. The van der Waals surface area contributed by atoms with Crippen LogP contribution in [0.1, 0.15) is 79.1 Å². The molecule has 0 bridgehead atoms. The van der Waals surface area contributed by atoms with E-state index in [1.54, 1.807) is 0 Å². The van der Waals surface area contributed by atoms with Gasteiger partial charge in [0.25, 0.3) is 0 Å². The highest BCUT2D eigenvalue weighted by atomic mass is 16.3. The van der Waals surface area contributed by atoms with E-state index in [2.05, 4.69) is 19.9 Å². The number of rotatable bonds is 6. The molecular formula is C20H34O2. The minimum absolute atomic E-state index is 0.231. The van der Waals surface area contributed by atoms with Gasteiger partial charge >= 0.3 is 0 Å². The lowest BCUT2D eigenvalue weighted by atomic mass is 9.62. The predicted octanol–water partition coefficient (Wildman–Crippen LogP) is 4.91. The molecule has 22 heavy (non-hydrogen) atoms. The summed E-state index contributed by atoms with van der Waals surface area (Å²) in [6, 6.07) is 0. The maximum absolute atomic E-state index is 12.2. The molecule has 2 heteroatoms. The minimum Gasteiger partial charge on any atom is -0.386 e. The van der Waals surface area contributed by atoms with Gasteiger partial charge < -0.3 is 5.11 Å². The number of carbonyl (C=O) groups excluding carboxylic acids is 1. The van der Waals surface area contributed by atoms with Crippen LogP contribution in [-0.4, -0.2) is 16.5 Å². The fraction of sp³-hybridized carbons (Fsp3) is 0.850. The van der Waals surface area contributed by atoms with E-state index < -0.39 is 5.60 Å². The predicted molar refractivity (Wildman–Crippen MR) is 91.6 cm³/mol. The summed E-state index contributed by atoms with van der Waals surface area (Å²) in [7, 11) is 0. The molecule has 2 unspecified atom stereocenters. The molecular weight excluding hydrogens is 272 g/mol. The number of hydrogen-bond donors (Lipinski definition) is 1. The molecule has 0 aromatic rings. The first-order valence-corrected chi connectivity index (χ1v) is 9.29. The van der Waals surface area contributed by atoms with Crippen molar-refractivity contribution < 1.29 is 9.90 Å². The Morgan fingerprint density at radius 2 is 2.05 bits per heavy atom. The zero-order chi connectivity index (χ0) is 16.4. The molecule has 2 rings (SSSR count). The van der Waals surface area contributed by atoms with Crippen LogP contribution >= 0.6 is 0 Å². The van der Waals surface area contributed by atoms with Crippen LogP contribution in [0.25, 0.3) is 0 Å². The van der Waals surface area contributed by atoms with Crippen molar-refractivity contribution in [3.63, 3.8) is 0 Å². The minimum atomic E-state index is -0.636. The van der Waals surface area contributed by atoms with Crippen molar-refractivity contribution in [1.82, 2.24) is 0 Å². The number of fused-ring (bicyclic) bond motifs is 1. The van der Waals surface area contributed by atoms with Gasteiger partial charge in [-0.1, -0.05) is 39.8 Å². The average Bonchev–Trinajstić information content (AvgIpc) is 2.85. The first kappa shape index (κ1) is 17.7. The molecule has 0 aliphatic heterocycles. The summed E-state index contributed by atoms with van der Waals surface area (Å²) in [5.41, 5.74) is -0.406. The van der Waals surface area contributed by atoms with Crippen LogP contribution in [0.15, 0.2) is 12.2 Å². The summed E-state index contributed by atoms with van der Waals surface area (Å²) in [6.07, 6.45) is 12.1. The molecule has 2 saturated carbocycles. The highest BCUT2D eigenvalue weighted by Crippen LogP contribution is 2.56. The van der Waals surface area contributed by atoms with E-state index >= 15 is 0 Å². The molecule has 0 radical (unpaired) electrons. The molecule has 2 aliphatic rings. The number of hydrogen-bond acceptors (Lipinski definition) is 2. The summed E-state index contributed by atoms with van der Waals surface area (Å²) in [4.78, 5) is 12.2. The van der Waals surface area contributed by atoms with Crippen molar-refractivity contribution >= 4 is 5.78 Å². The highest BCUT2D eigenvalue weighted by Gasteiger charge is 2.52. The van der Waals surface area contributed by atoms with E-state index in [1.165, 1.54) is 12.8 Å². The van der Waals surface area contributed by atoms with E-state index in [1.807, 2.05) is 19.9 Å². The van der Waals surface area contributed by atoms with Crippen molar-refractivity contribution in [3.05, 3.63) is 12.2 Å². The summed E-state index contributed by atoms with van der Waals surface area (Å²) in [5, 5.41) is 10.3. The number of Topliss-reactive ketones (excluding diaryl/α,β-unsaturated/α-hetero) is 1. The molecule has 0 spiro atoms. The third kappa shape index (κ3) is 3.32. The third-order valence-electron chi connectivity index (χ3n) is 6.78. The fourth-order valence-electron chi connectivity index (χ4n) is 5.06. The average molecular weight is 306 g/mol. The molecule has 2 aliphatic carbocycles. The zero-order valence-electron chi connectivity index (χ0n) is 14.9. The maximum Gasteiger partial charge on any atom is 0.136 e. The Hall–Kier alpha value is -0.630. The molecule has 2 fully saturated rings. The molecule has 0 aromatic carbocycles. The van der Waals surface area contributed by atoms with Gasteiger partial charge in [-0.25, -0.2) is 0 Å². The van der Waals surface area contributed by atoms with Crippen LogP contribution in [0.2, 0.25) is 0 Å². The Bertz CT molecular complexity index is 421. The molecule has 0 heterocycles. The van der Waals surface area contributed by atoms with Gasteiger partial charge in [-0.2, -0.15) is 0 Å². The number of allylic oxidation sites excluding steroid dienone is 1. The lowest BCUT2D eigenvalue weighted by molar-refractivity contribution is -0.130. The quantitative estimate of drug-likeness (QED) is 0.708. The normalized spacial score (nSPS) is 34.1. The fourth-order valence-corrected chi connectivity index (χ4v) is 5.06. The van der Waals surface area contributed by atoms with Gasteiger partial charge in [0.1, 0.15) is 5.78 Å². The van der Waals surface area contributed by atoms with E-state index in [-0.39, 0.29) is 5.41 Å². The van der Waals surface area contributed by atoms with Gasteiger partial charge in [0.05, 0.1) is 5.60 Å². The van der Waals surface area contributed by atoms with Crippen LogP contribution in [-0.2, 0) is 4.79 Å². The van der Waals surface area contributed by atoms with E-state index in [4.69, 9.17) is 0 Å². The summed E-state index contributed by atoms with van der Waals surface area (Å²) in [6.45, 7) is 8.76. The molecule has 4 atom stereocenters. The number of ketones is 1. The van der Waals surface area contributed by atoms with Crippen LogP contribution in [0.5, 0.6) is 0 Å². The summed E-state index contributed by atoms with van der Waals surface area (Å²) in [5.74, 6) is 2.09. The Morgan fingerprint density at radius 1 is 1.36 bits per heavy atom. The Morgan fingerprint density at radius 3 is 2.68 bits per heavy atom. The van der Waals surface area contributed by atoms with Gasteiger partial charge in [-0.15, -0.1) is 0 Å². The number of aliphatic hydroxyl groups is 1. The first-order chi connectivity index (χ1) is 10.4. The molecule has 0 aromatic heterocycles. The van der Waals surface area contributed by atoms with Crippen LogP contribution in [0.3, 0.4) is 0 Å². The van der Waals surface area contributed by atoms with Crippen molar-refractivity contribution in [2.75, 3.05) is 0 Å². The maximum atomic E-state index is 12.2. The Balaban J connectivity index is 2.00. The highest BCUT2D eigenvalue weighted by molar-refractivity contribution is 5.83. The van der Waals surface area contributed by atoms with Gasteiger partial charge in [0, 0.05) is 12.3 Å². The van der Waals surface area contributed by atoms with Crippen LogP contribution < -0.4 is 0 Å². The summed E-state index contributed by atoms with van der Waals surface area (Å²) >= 11 is 0. The Labute approximate surface area is 136 Å². The van der Waals surface area contributed by atoms with Crippen molar-refractivity contribution in [2.45, 2.75) is 84.7 Å². The molecule has 126 valence electrons. The van der Waals surface area contributed by atoms with Gasteiger partial charge in [0.2, 0.25) is 0 Å².